The molecule has 1 amide bonds. The summed E-state index contributed by atoms with van der Waals surface area (Å²) in [7, 11) is 0. The third kappa shape index (κ3) is 7.11. The van der Waals surface area contributed by atoms with Crippen LogP contribution in [0.1, 0.15) is 49.0 Å². The van der Waals surface area contributed by atoms with Crippen molar-refractivity contribution >= 4 is 17.7 Å². The number of anilines is 2. The quantitative estimate of drug-likeness (QED) is 0.442. The minimum Gasteiger partial charge on any atom is -0.369 e. The van der Waals surface area contributed by atoms with Gasteiger partial charge in [0.1, 0.15) is 11.4 Å². The highest BCUT2D eigenvalue weighted by molar-refractivity contribution is 5.98. The highest BCUT2D eigenvalue weighted by Crippen LogP contribution is 2.14. The highest BCUT2D eigenvalue weighted by Gasteiger charge is 2.14. The molecule has 0 saturated heterocycles. The molecule has 0 aliphatic carbocycles. The lowest BCUT2D eigenvalue weighted by atomic mass is 10.1. The number of hydrogen-bond acceptors (Lipinski definition) is 7. The van der Waals surface area contributed by atoms with Crippen LogP contribution in [0, 0.1) is 0 Å². The zero-order chi connectivity index (χ0) is 20.2. The lowest BCUT2D eigenvalue weighted by Crippen LogP contribution is -2.31. The molecule has 1 unspecified atom stereocenters. The molecule has 2 rings (SSSR count). The second-order valence-corrected chi connectivity index (χ2v) is 6.63. The largest absolute Gasteiger partial charge is 0.369 e. The number of rotatable bonds is 12. The number of pyridine rings is 1. The van der Waals surface area contributed by atoms with E-state index in [2.05, 4.69) is 37.8 Å². The van der Waals surface area contributed by atoms with Crippen LogP contribution in [0.25, 0.3) is 0 Å². The zero-order valence-corrected chi connectivity index (χ0v) is 16.7. The van der Waals surface area contributed by atoms with Gasteiger partial charge < -0.3 is 21.7 Å². The Bertz CT molecular complexity index is 724. The molecule has 0 saturated carbocycles. The molecule has 0 aromatic carbocycles. The molecule has 28 heavy (non-hydrogen) atoms. The number of aromatic nitrogens is 3. The lowest BCUT2D eigenvalue weighted by molar-refractivity contribution is 0.0952. The number of amides is 1. The number of hydrogen-bond donors (Lipinski definition) is 4. The summed E-state index contributed by atoms with van der Waals surface area (Å²) in [6.07, 6.45) is 8.52. The molecule has 2 aromatic rings. The van der Waals surface area contributed by atoms with Crippen molar-refractivity contribution in [2.45, 2.75) is 45.6 Å². The second-order valence-electron chi connectivity index (χ2n) is 6.63. The van der Waals surface area contributed by atoms with E-state index in [4.69, 9.17) is 5.73 Å². The Hall–Kier alpha value is -2.74. The molecule has 0 aliphatic rings. The number of nitrogens with two attached hydrogens (primary N) is 1. The lowest BCUT2D eigenvalue weighted by Gasteiger charge is -2.14. The maximum absolute atomic E-state index is 12.5. The summed E-state index contributed by atoms with van der Waals surface area (Å²) in [6, 6.07) is 4.06. The van der Waals surface area contributed by atoms with E-state index < -0.39 is 0 Å². The van der Waals surface area contributed by atoms with Gasteiger partial charge in [-0.15, -0.1) is 0 Å². The minimum atomic E-state index is -0.190. The van der Waals surface area contributed by atoms with Crippen LogP contribution < -0.4 is 21.7 Å². The van der Waals surface area contributed by atoms with E-state index in [0.29, 0.717) is 30.4 Å². The predicted molar refractivity (Wildman–Crippen MR) is 112 cm³/mol. The van der Waals surface area contributed by atoms with Crippen LogP contribution >= 0.6 is 0 Å². The summed E-state index contributed by atoms with van der Waals surface area (Å²) in [4.78, 5) is 25.3. The molecule has 0 fully saturated rings. The number of nitrogens with zero attached hydrogens (tertiary/aromatic N) is 3. The van der Waals surface area contributed by atoms with Gasteiger partial charge in [0, 0.05) is 44.3 Å². The summed E-state index contributed by atoms with van der Waals surface area (Å²) >= 11 is 0. The fourth-order valence-electron chi connectivity index (χ4n) is 2.55. The van der Waals surface area contributed by atoms with Crippen molar-refractivity contribution < 1.29 is 4.79 Å². The van der Waals surface area contributed by atoms with Crippen molar-refractivity contribution in [3.05, 3.63) is 41.9 Å². The van der Waals surface area contributed by atoms with Gasteiger partial charge in [-0.05, 0) is 43.4 Å². The molecular formula is C20H31N7O. The van der Waals surface area contributed by atoms with Crippen LogP contribution in [0.15, 0.2) is 30.7 Å². The summed E-state index contributed by atoms with van der Waals surface area (Å²) in [6.45, 7) is 6.06. The van der Waals surface area contributed by atoms with E-state index in [1.54, 1.807) is 18.6 Å². The Morgan fingerprint density at radius 1 is 1.14 bits per heavy atom. The molecule has 2 heterocycles. The monoisotopic (exact) mass is 385 g/mol. The maximum atomic E-state index is 12.5. The first-order valence-electron chi connectivity index (χ1n) is 9.91. The molecule has 0 radical (unpaired) electrons. The molecule has 0 spiro atoms. The van der Waals surface area contributed by atoms with Crippen molar-refractivity contribution in [1.29, 1.82) is 0 Å². The Kier molecular flexibility index (Phi) is 9.14. The minimum absolute atomic E-state index is 0.0983. The molecule has 8 heteroatoms. The first-order valence-corrected chi connectivity index (χ1v) is 9.91. The summed E-state index contributed by atoms with van der Waals surface area (Å²) in [5.41, 5.74) is 7.53. The topological polar surface area (TPSA) is 118 Å². The molecule has 5 N–H and O–H groups in total. The van der Waals surface area contributed by atoms with Gasteiger partial charge in [0.2, 0.25) is 5.95 Å². The average Bonchev–Trinajstić information content (AvgIpc) is 2.72. The smallest absolute Gasteiger partial charge is 0.256 e. The molecule has 152 valence electrons. The number of carbonyl (C=O) groups excluding carboxylic acids is 1. The molecule has 1 atom stereocenters. The van der Waals surface area contributed by atoms with Gasteiger partial charge in [0.25, 0.3) is 5.91 Å². The van der Waals surface area contributed by atoms with Crippen LogP contribution in [0.5, 0.6) is 0 Å². The van der Waals surface area contributed by atoms with Crippen molar-refractivity contribution in [1.82, 2.24) is 20.3 Å². The van der Waals surface area contributed by atoms with Gasteiger partial charge in [-0.2, -0.15) is 4.98 Å². The summed E-state index contributed by atoms with van der Waals surface area (Å²) < 4.78 is 0. The fourth-order valence-corrected chi connectivity index (χ4v) is 2.55. The van der Waals surface area contributed by atoms with Crippen molar-refractivity contribution in [2.75, 3.05) is 30.3 Å². The number of carbonyl (C=O) groups is 1. The first kappa shape index (κ1) is 21.6. The Morgan fingerprint density at radius 3 is 2.64 bits per heavy atom. The SMILES string of the molecule is CCCNc1nc(NCCc2ccncc2)ncc1C(=O)NCCC(N)CC. The predicted octanol–water partition coefficient (Wildman–Crippen LogP) is 2.21. The van der Waals surface area contributed by atoms with E-state index in [9.17, 15) is 4.79 Å². The number of nitrogens with one attached hydrogen (secondary N) is 3. The third-order valence-electron chi connectivity index (χ3n) is 4.35. The maximum Gasteiger partial charge on any atom is 0.256 e. The first-order chi connectivity index (χ1) is 13.6. The molecule has 8 nitrogen and oxygen atoms in total. The van der Waals surface area contributed by atoms with E-state index in [1.807, 2.05) is 19.1 Å². The normalized spacial score (nSPS) is 11.7. The van der Waals surface area contributed by atoms with E-state index in [1.165, 1.54) is 5.56 Å². The van der Waals surface area contributed by atoms with Crippen molar-refractivity contribution in [3.63, 3.8) is 0 Å². The van der Waals surface area contributed by atoms with Gasteiger partial charge in [0.05, 0.1) is 0 Å². The Labute approximate surface area is 166 Å². The van der Waals surface area contributed by atoms with Gasteiger partial charge in [-0.1, -0.05) is 13.8 Å². The van der Waals surface area contributed by atoms with Gasteiger partial charge in [-0.25, -0.2) is 4.98 Å². The van der Waals surface area contributed by atoms with Crippen LogP contribution in [0.2, 0.25) is 0 Å². The van der Waals surface area contributed by atoms with Gasteiger partial charge >= 0.3 is 0 Å². The fraction of sp³-hybridized carbons (Fsp3) is 0.500. The highest BCUT2D eigenvalue weighted by atomic mass is 16.1. The summed E-state index contributed by atoms with van der Waals surface area (Å²) in [5.74, 6) is 0.850. The van der Waals surface area contributed by atoms with E-state index in [-0.39, 0.29) is 11.9 Å². The van der Waals surface area contributed by atoms with Crippen LogP contribution in [0.3, 0.4) is 0 Å². The van der Waals surface area contributed by atoms with E-state index in [0.717, 1.165) is 32.2 Å². The summed E-state index contributed by atoms with van der Waals surface area (Å²) in [5, 5.41) is 9.33. The van der Waals surface area contributed by atoms with Crippen molar-refractivity contribution in [3.8, 4) is 0 Å². The molecule has 2 aromatic heterocycles. The second kappa shape index (κ2) is 11.9. The third-order valence-corrected chi connectivity index (χ3v) is 4.35. The van der Waals surface area contributed by atoms with E-state index >= 15 is 0 Å². The van der Waals surface area contributed by atoms with Crippen molar-refractivity contribution in [2.24, 2.45) is 5.73 Å². The molecular weight excluding hydrogens is 354 g/mol. The molecule has 0 aliphatic heterocycles. The van der Waals surface area contributed by atoms with Crippen LogP contribution in [-0.4, -0.2) is 46.5 Å². The standard InChI is InChI=1S/C20H31N7O/c1-3-9-23-18-17(19(28)24-13-8-16(21)4-2)14-26-20(27-18)25-12-7-15-5-10-22-11-6-15/h5-6,10-11,14,16H,3-4,7-9,12-13,21H2,1-2H3,(H,24,28)(H2,23,25,26,27). The Morgan fingerprint density at radius 2 is 1.93 bits per heavy atom. The Balaban J connectivity index is 1.97. The van der Waals surface area contributed by atoms with Crippen LogP contribution in [-0.2, 0) is 6.42 Å². The zero-order valence-electron chi connectivity index (χ0n) is 16.7. The van der Waals surface area contributed by atoms with Crippen LogP contribution in [0.4, 0.5) is 11.8 Å². The molecule has 0 bridgehead atoms. The van der Waals surface area contributed by atoms with Gasteiger partial charge in [-0.3, -0.25) is 9.78 Å². The average molecular weight is 386 g/mol. The van der Waals surface area contributed by atoms with Gasteiger partial charge in [0.15, 0.2) is 0 Å².